The van der Waals surface area contributed by atoms with Crippen molar-refractivity contribution in [2.24, 2.45) is 0 Å². The summed E-state index contributed by atoms with van der Waals surface area (Å²) in [5.41, 5.74) is 2.76. The molecule has 150 valence electrons. The highest BCUT2D eigenvalue weighted by Gasteiger charge is 2.30. The summed E-state index contributed by atoms with van der Waals surface area (Å²) in [6.45, 7) is 7.41. The first-order valence-electron chi connectivity index (χ1n) is 9.45. The van der Waals surface area contributed by atoms with Crippen molar-refractivity contribution in [1.82, 2.24) is 24.8 Å². The molecular formula is C19H24BrN5O3. The van der Waals surface area contributed by atoms with Crippen LogP contribution in [0.5, 0.6) is 0 Å². The Hall–Kier alpha value is -2.29. The quantitative estimate of drug-likeness (QED) is 0.697. The lowest BCUT2D eigenvalue weighted by molar-refractivity contribution is 0.0203. The summed E-state index contributed by atoms with van der Waals surface area (Å²) < 4.78 is 8.19. The minimum atomic E-state index is -0.504. The number of carbonyl (C=O) groups excluding carboxylic acids is 1. The number of hydrogen-bond donors (Lipinski definition) is 2. The van der Waals surface area contributed by atoms with Gasteiger partial charge in [-0.05, 0) is 49.5 Å². The highest BCUT2D eigenvalue weighted by Crippen LogP contribution is 2.33. The monoisotopic (exact) mass is 449 g/mol. The van der Waals surface area contributed by atoms with Gasteiger partial charge in [-0.25, -0.2) is 9.31 Å². The van der Waals surface area contributed by atoms with Crippen LogP contribution in [0.1, 0.15) is 56.5 Å². The number of carbonyl (C=O) groups is 1. The van der Waals surface area contributed by atoms with Gasteiger partial charge in [0, 0.05) is 35.8 Å². The van der Waals surface area contributed by atoms with E-state index in [1.54, 1.807) is 11.0 Å². The normalized spacial score (nSPS) is 17.9. The minimum Gasteiger partial charge on any atom is -0.444 e. The fourth-order valence-electron chi connectivity index (χ4n) is 3.77. The van der Waals surface area contributed by atoms with Gasteiger partial charge in [-0.2, -0.15) is 5.10 Å². The van der Waals surface area contributed by atoms with Crippen molar-refractivity contribution in [2.75, 3.05) is 13.1 Å². The molecule has 0 unspecified atom stereocenters. The third kappa shape index (κ3) is 3.55. The molecule has 0 spiro atoms. The summed E-state index contributed by atoms with van der Waals surface area (Å²) in [7, 11) is 0. The van der Waals surface area contributed by atoms with Crippen molar-refractivity contribution in [1.29, 1.82) is 0 Å². The van der Waals surface area contributed by atoms with Gasteiger partial charge in [0.05, 0.1) is 23.5 Å². The Bertz CT molecular complexity index is 1010. The fourth-order valence-corrected chi connectivity index (χ4v) is 4.35. The molecule has 9 heteroatoms. The van der Waals surface area contributed by atoms with Gasteiger partial charge >= 0.3 is 6.09 Å². The number of hydrogen-bond acceptors (Lipinski definition) is 5. The zero-order valence-electron chi connectivity index (χ0n) is 16.2. The predicted octanol–water partition coefficient (Wildman–Crippen LogP) is 2.93. The highest BCUT2D eigenvalue weighted by atomic mass is 79.9. The Morgan fingerprint density at radius 2 is 2.04 bits per heavy atom. The largest absolute Gasteiger partial charge is 0.444 e. The van der Waals surface area contributed by atoms with Crippen LogP contribution in [-0.4, -0.2) is 44.3 Å². The van der Waals surface area contributed by atoms with E-state index in [-0.39, 0.29) is 17.6 Å². The van der Waals surface area contributed by atoms with Gasteiger partial charge in [0.25, 0.3) is 5.56 Å². The van der Waals surface area contributed by atoms with E-state index in [1.807, 2.05) is 31.5 Å². The van der Waals surface area contributed by atoms with Crippen molar-refractivity contribution in [2.45, 2.75) is 51.7 Å². The molecule has 2 aromatic rings. The molecule has 1 fully saturated rings. The van der Waals surface area contributed by atoms with Crippen LogP contribution in [0.4, 0.5) is 4.79 Å². The van der Waals surface area contributed by atoms with Gasteiger partial charge in [0.1, 0.15) is 11.2 Å². The molecule has 0 atom stereocenters. The number of halogens is 1. The second-order valence-electron chi connectivity index (χ2n) is 8.26. The Labute approximate surface area is 171 Å². The first kappa shape index (κ1) is 19.0. The predicted molar refractivity (Wildman–Crippen MR) is 109 cm³/mol. The molecule has 0 bridgehead atoms. The summed E-state index contributed by atoms with van der Waals surface area (Å²) >= 11 is 3.55. The van der Waals surface area contributed by atoms with Crippen LogP contribution >= 0.6 is 15.9 Å². The van der Waals surface area contributed by atoms with Crippen molar-refractivity contribution in [3.63, 3.8) is 0 Å². The highest BCUT2D eigenvalue weighted by molar-refractivity contribution is 9.15. The summed E-state index contributed by atoms with van der Waals surface area (Å²) in [4.78, 5) is 29.3. The van der Waals surface area contributed by atoms with Crippen LogP contribution in [0, 0.1) is 0 Å². The lowest BCUT2D eigenvalue weighted by Gasteiger charge is -2.33. The Balaban J connectivity index is 1.60. The van der Waals surface area contributed by atoms with Gasteiger partial charge in [-0.1, -0.05) is 0 Å². The number of nitrogens with zero attached hydrogens (tertiary/aromatic N) is 3. The molecule has 2 aromatic heterocycles. The van der Waals surface area contributed by atoms with E-state index in [4.69, 9.17) is 9.84 Å². The molecule has 4 heterocycles. The minimum absolute atomic E-state index is 0.140. The fraction of sp³-hybridized carbons (Fsp3) is 0.526. The zero-order valence-corrected chi connectivity index (χ0v) is 17.8. The number of H-pyrrole nitrogens is 1. The molecule has 1 amide bonds. The number of aromatic nitrogens is 3. The SMILES string of the molecule is CC(C)(C)OC(=O)N1CCC(c2cc(=O)[nH]c3c4c(nn23)CNC=C4Br)CC1. The van der Waals surface area contributed by atoms with Crippen molar-refractivity contribution in [3.05, 3.63) is 39.6 Å². The van der Waals surface area contributed by atoms with Crippen LogP contribution < -0.4 is 10.9 Å². The van der Waals surface area contributed by atoms with Crippen molar-refractivity contribution < 1.29 is 9.53 Å². The summed E-state index contributed by atoms with van der Waals surface area (Å²) in [5.74, 6) is 0.153. The maximum Gasteiger partial charge on any atom is 0.410 e. The molecule has 2 aliphatic heterocycles. The van der Waals surface area contributed by atoms with E-state index in [9.17, 15) is 9.59 Å². The molecule has 0 radical (unpaired) electrons. The molecule has 2 N–H and O–H groups in total. The molecule has 0 aliphatic carbocycles. The molecule has 4 rings (SSSR count). The maximum absolute atomic E-state index is 12.3. The van der Waals surface area contributed by atoms with E-state index in [0.717, 1.165) is 34.3 Å². The van der Waals surface area contributed by atoms with E-state index in [1.165, 1.54) is 0 Å². The standard InChI is InChI=1S/C19H24BrN5O3/c1-19(2,3)28-18(27)24-6-4-11(5-7-24)14-8-15(26)22-17-16-12(20)9-21-10-13(16)23-25(14)17/h8-9,11,21H,4-7,10H2,1-3H3,(H,22,26). The van der Waals surface area contributed by atoms with Crippen molar-refractivity contribution >= 4 is 32.2 Å². The molecular weight excluding hydrogens is 426 g/mol. The Morgan fingerprint density at radius 3 is 2.71 bits per heavy atom. The van der Waals surface area contributed by atoms with Crippen LogP contribution in [0.3, 0.4) is 0 Å². The molecule has 0 saturated carbocycles. The van der Waals surface area contributed by atoms with Gasteiger partial charge in [-0.15, -0.1) is 0 Å². The van der Waals surface area contributed by atoms with Crippen LogP contribution in [0.15, 0.2) is 17.1 Å². The summed E-state index contributed by atoms with van der Waals surface area (Å²) in [6, 6.07) is 1.63. The summed E-state index contributed by atoms with van der Waals surface area (Å²) in [5, 5.41) is 7.90. The number of fused-ring (bicyclic) bond motifs is 3. The molecule has 8 nitrogen and oxygen atoms in total. The van der Waals surface area contributed by atoms with E-state index in [0.29, 0.717) is 25.3 Å². The Morgan fingerprint density at radius 1 is 1.32 bits per heavy atom. The molecule has 28 heavy (non-hydrogen) atoms. The first-order valence-corrected chi connectivity index (χ1v) is 10.2. The third-order valence-corrected chi connectivity index (χ3v) is 5.65. The average molecular weight is 450 g/mol. The number of amides is 1. The first-order chi connectivity index (χ1) is 13.2. The zero-order chi connectivity index (χ0) is 20.1. The topological polar surface area (TPSA) is 91.7 Å². The van der Waals surface area contributed by atoms with Gasteiger partial charge < -0.3 is 19.9 Å². The average Bonchev–Trinajstić information content (AvgIpc) is 2.99. The second kappa shape index (κ2) is 6.95. The number of ether oxygens (including phenoxy) is 1. The van der Waals surface area contributed by atoms with Crippen LogP contribution in [-0.2, 0) is 11.3 Å². The smallest absolute Gasteiger partial charge is 0.410 e. The van der Waals surface area contributed by atoms with E-state index in [2.05, 4.69) is 26.2 Å². The Kier molecular flexibility index (Phi) is 4.73. The van der Waals surface area contributed by atoms with Crippen LogP contribution in [0.25, 0.3) is 10.1 Å². The third-order valence-electron chi connectivity index (χ3n) is 5.03. The van der Waals surface area contributed by atoms with E-state index < -0.39 is 5.60 Å². The second-order valence-corrected chi connectivity index (χ2v) is 9.11. The maximum atomic E-state index is 12.3. The number of nitrogens with one attached hydrogen (secondary N) is 2. The lowest BCUT2D eigenvalue weighted by Crippen LogP contribution is -2.41. The number of likely N-dealkylation sites (tertiary alicyclic amines) is 1. The van der Waals surface area contributed by atoms with Gasteiger partial charge in [0.2, 0.25) is 0 Å². The van der Waals surface area contributed by atoms with E-state index >= 15 is 0 Å². The number of aromatic amines is 1. The van der Waals surface area contributed by atoms with Crippen LogP contribution in [0.2, 0.25) is 0 Å². The molecule has 1 saturated heterocycles. The number of rotatable bonds is 1. The molecule has 2 aliphatic rings. The van der Waals surface area contributed by atoms with Gasteiger partial charge in [-0.3, -0.25) is 4.79 Å². The lowest BCUT2D eigenvalue weighted by atomic mass is 9.93. The summed E-state index contributed by atoms with van der Waals surface area (Å²) in [6.07, 6.45) is 3.11. The van der Waals surface area contributed by atoms with Gasteiger partial charge in [0.15, 0.2) is 0 Å². The number of piperidine rings is 1. The van der Waals surface area contributed by atoms with Crippen molar-refractivity contribution in [3.8, 4) is 0 Å². The molecule has 0 aromatic carbocycles.